The van der Waals surface area contributed by atoms with Crippen molar-refractivity contribution < 1.29 is 29.3 Å². The number of amides is 1. The molecule has 7 heteroatoms. The summed E-state index contributed by atoms with van der Waals surface area (Å²) < 4.78 is 10.3. The number of ketones is 1. The number of aliphatic hydroxyl groups excluding tert-OH is 2. The van der Waals surface area contributed by atoms with Gasteiger partial charge in [0.25, 0.3) is 0 Å². The monoisotopic (exact) mass is 291 g/mol. The molecule has 0 fully saturated rings. The Morgan fingerprint density at radius 1 is 1.00 bits per heavy atom. The first-order valence-corrected chi connectivity index (χ1v) is 6.76. The summed E-state index contributed by atoms with van der Waals surface area (Å²) in [4.78, 5) is 24.4. The number of nitrogens with zero attached hydrogens (tertiary/aromatic N) is 1. The van der Waals surface area contributed by atoms with E-state index in [4.69, 9.17) is 19.7 Å². The molecule has 0 aliphatic heterocycles. The fourth-order valence-corrected chi connectivity index (χ4v) is 1.42. The third-order valence-corrected chi connectivity index (χ3v) is 2.39. The minimum atomic E-state index is -0.274. The molecule has 0 saturated heterocycles. The van der Waals surface area contributed by atoms with Crippen LogP contribution in [0.3, 0.4) is 0 Å². The molecule has 0 bridgehead atoms. The smallest absolute Gasteiger partial charge is 0.249 e. The molecule has 0 aromatic heterocycles. The van der Waals surface area contributed by atoms with Crippen molar-refractivity contribution in [3.63, 3.8) is 0 Å². The molecule has 0 rings (SSSR count). The quantitative estimate of drug-likeness (QED) is 0.431. The number of Topliss-reactive ketones (excluding diaryl/α,β-unsaturated/α-hetero) is 1. The lowest BCUT2D eigenvalue weighted by Crippen LogP contribution is -2.39. The summed E-state index contributed by atoms with van der Waals surface area (Å²) in [6.07, 6.45) is 1.02. The minimum Gasteiger partial charge on any atom is -0.396 e. The van der Waals surface area contributed by atoms with Gasteiger partial charge in [0, 0.05) is 33.0 Å². The Bertz CT molecular complexity index is 272. The van der Waals surface area contributed by atoms with Crippen LogP contribution in [0.4, 0.5) is 0 Å². The first-order valence-electron chi connectivity index (χ1n) is 6.76. The molecular formula is C13H25NO6. The van der Waals surface area contributed by atoms with Crippen molar-refractivity contribution in [1.82, 2.24) is 4.90 Å². The number of ether oxygens (including phenoxy) is 2. The van der Waals surface area contributed by atoms with E-state index in [2.05, 4.69) is 0 Å². The van der Waals surface area contributed by atoms with Gasteiger partial charge in [0.15, 0.2) is 0 Å². The predicted octanol–water partition coefficient (Wildman–Crippen LogP) is -0.798. The van der Waals surface area contributed by atoms with Gasteiger partial charge in [-0.3, -0.25) is 9.59 Å². The first kappa shape index (κ1) is 19.0. The van der Waals surface area contributed by atoms with E-state index < -0.39 is 0 Å². The van der Waals surface area contributed by atoms with Gasteiger partial charge in [-0.25, -0.2) is 0 Å². The Kier molecular flexibility index (Phi) is 12.3. The highest BCUT2D eigenvalue weighted by Crippen LogP contribution is 1.94. The second-order valence-corrected chi connectivity index (χ2v) is 4.34. The number of carbonyl (C=O) groups is 2. The van der Waals surface area contributed by atoms with Gasteiger partial charge in [-0.15, -0.1) is 0 Å². The molecule has 20 heavy (non-hydrogen) atoms. The Morgan fingerprint density at radius 3 is 2.15 bits per heavy atom. The van der Waals surface area contributed by atoms with E-state index in [1.807, 2.05) is 0 Å². The maximum Gasteiger partial charge on any atom is 0.249 e. The van der Waals surface area contributed by atoms with E-state index in [-0.39, 0.29) is 38.1 Å². The molecule has 118 valence electrons. The Morgan fingerprint density at radius 2 is 1.60 bits per heavy atom. The van der Waals surface area contributed by atoms with Crippen molar-refractivity contribution in [2.24, 2.45) is 0 Å². The van der Waals surface area contributed by atoms with E-state index >= 15 is 0 Å². The van der Waals surface area contributed by atoms with Crippen LogP contribution in [0.2, 0.25) is 0 Å². The van der Waals surface area contributed by atoms with Gasteiger partial charge in [-0.2, -0.15) is 0 Å². The molecule has 0 spiro atoms. The summed E-state index contributed by atoms with van der Waals surface area (Å²) in [5.74, 6) is -0.382. The maximum absolute atomic E-state index is 11.9. The summed E-state index contributed by atoms with van der Waals surface area (Å²) in [5, 5.41) is 17.2. The van der Waals surface area contributed by atoms with Gasteiger partial charge < -0.3 is 24.6 Å². The van der Waals surface area contributed by atoms with Crippen LogP contribution in [0, 0.1) is 0 Å². The fraction of sp³-hybridized carbons (Fsp3) is 0.846. The van der Waals surface area contributed by atoms with E-state index in [1.165, 1.54) is 11.8 Å². The van der Waals surface area contributed by atoms with Crippen molar-refractivity contribution in [1.29, 1.82) is 0 Å². The highest BCUT2D eigenvalue weighted by molar-refractivity contribution is 5.85. The van der Waals surface area contributed by atoms with Crippen LogP contribution in [-0.2, 0) is 19.1 Å². The number of rotatable bonds is 13. The molecular weight excluding hydrogens is 266 g/mol. The zero-order valence-corrected chi connectivity index (χ0v) is 12.0. The largest absolute Gasteiger partial charge is 0.396 e. The van der Waals surface area contributed by atoms with E-state index in [0.717, 1.165) is 0 Å². The molecule has 0 aromatic rings. The maximum atomic E-state index is 11.9. The highest BCUT2D eigenvalue weighted by atomic mass is 16.5. The Balaban J connectivity index is 3.98. The summed E-state index contributed by atoms with van der Waals surface area (Å²) in [7, 11) is 0. The normalized spacial score (nSPS) is 10.6. The summed E-state index contributed by atoms with van der Waals surface area (Å²) >= 11 is 0. The second-order valence-electron chi connectivity index (χ2n) is 4.34. The lowest BCUT2D eigenvalue weighted by atomic mass is 10.3. The average molecular weight is 291 g/mol. The summed E-state index contributed by atoms with van der Waals surface area (Å²) in [6, 6.07) is 0. The topological polar surface area (TPSA) is 96.3 Å². The number of hydrogen-bond acceptors (Lipinski definition) is 6. The number of hydrogen-bond donors (Lipinski definition) is 2. The molecule has 0 aliphatic rings. The molecule has 0 atom stereocenters. The summed E-state index contributed by atoms with van der Waals surface area (Å²) in [6.45, 7) is 2.78. The number of aliphatic hydroxyl groups is 2. The first-order chi connectivity index (χ1) is 9.61. The highest BCUT2D eigenvalue weighted by Gasteiger charge is 2.15. The molecule has 2 N–H and O–H groups in total. The van der Waals surface area contributed by atoms with Gasteiger partial charge >= 0.3 is 0 Å². The van der Waals surface area contributed by atoms with Gasteiger partial charge in [-0.1, -0.05) is 0 Å². The Hall–Kier alpha value is -1.02. The van der Waals surface area contributed by atoms with Gasteiger partial charge in [0.05, 0.1) is 13.2 Å². The predicted molar refractivity (Wildman–Crippen MR) is 72.3 cm³/mol. The molecule has 0 aliphatic carbocycles. The third-order valence-electron chi connectivity index (χ3n) is 2.39. The van der Waals surface area contributed by atoms with Crippen LogP contribution in [0.1, 0.15) is 19.8 Å². The fourth-order valence-electron chi connectivity index (χ4n) is 1.42. The van der Waals surface area contributed by atoms with Crippen LogP contribution >= 0.6 is 0 Å². The van der Waals surface area contributed by atoms with Crippen LogP contribution < -0.4 is 0 Å². The summed E-state index contributed by atoms with van der Waals surface area (Å²) in [5.41, 5.74) is 0. The average Bonchev–Trinajstić information content (AvgIpc) is 2.41. The van der Waals surface area contributed by atoms with Crippen molar-refractivity contribution in [2.75, 3.05) is 52.7 Å². The van der Waals surface area contributed by atoms with Gasteiger partial charge in [-0.05, 0) is 19.8 Å². The van der Waals surface area contributed by atoms with E-state index in [9.17, 15) is 9.59 Å². The molecule has 7 nitrogen and oxygen atoms in total. The van der Waals surface area contributed by atoms with Crippen molar-refractivity contribution in [3.05, 3.63) is 0 Å². The lowest BCUT2D eigenvalue weighted by molar-refractivity contribution is -0.139. The lowest BCUT2D eigenvalue weighted by Gasteiger charge is -2.21. The van der Waals surface area contributed by atoms with E-state index in [1.54, 1.807) is 0 Å². The molecule has 0 heterocycles. The standard InChI is InChI=1S/C13H25NO6/c1-12(17)10-14(4-9-19-7-2-5-15)13(18)11-20-8-3-6-16/h15-16H,2-11H2,1H3. The van der Waals surface area contributed by atoms with Crippen molar-refractivity contribution >= 4 is 11.7 Å². The van der Waals surface area contributed by atoms with Gasteiger partial charge in [0.1, 0.15) is 12.4 Å². The molecule has 0 saturated carbocycles. The van der Waals surface area contributed by atoms with Crippen LogP contribution in [-0.4, -0.2) is 79.5 Å². The second kappa shape index (κ2) is 13.0. The molecule has 0 aromatic carbocycles. The zero-order chi connectivity index (χ0) is 15.2. The molecule has 1 amide bonds. The SMILES string of the molecule is CC(=O)CN(CCOCCCO)C(=O)COCCCO. The molecule has 0 radical (unpaired) electrons. The number of carbonyl (C=O) groups excluding carboxylic acids is 2. The van der Waals surface area contributed by atoms with E-state index in [0.29, 0.717) is 39.2 Å². The van der Waals surface area contributed by atoms with Crippen molar-refractivity contribution in [2.45, 2.75) is 19.8 Å². The minimum absolute atomic E-state index is 0.0179. The third kappa shape index (κ3) is 10.9. The van der Waals surface area contributed by atoms with Crippen LogP contribution in [0.15, 0.2) is 0 Å². The van der Waals surface area contributed by atoms with Gasteiger partial charge in [0.2, 0.25) is 5.91 Å². The van der Waals surface area contributed by atoms with Crippen molar-refractivity contribution in [3.8, 4) is 0 Å². The van der Waals surface area contributed by atoms with Crippen LogP contribution in [0.25, 0.3) is 0 Å². The Labute approximate surface area is 119 Å². The zero-order valence-electron chi connectivity index (χ0n) is 12.0. The molecule has 0 unspecified atom stereocenters. The van der Waals surface area contributed by atoms with Crippen LogP contribution in [0.5, 0.6) is 0 Å².